The zero-order chi connectivity index (χ0) is 16.0. The van der Waals surface area contributed by atoms with Crippen LogP contribution in [0, 0.1) is 17.0 Å². The van der Waals surface area contributed by atoms with Crippen molar-refractivity contribution in [2.75, 3.05) is 13.7 Å². The van der Waals surface area contributed by atoms with Gasteiger partial charge in [0, 0.05) is 13.0 Å². The summed E-state index contributed by atoms with van der Waals surface area (Å²) in [5, 5.41) is 13.2. The van der Waals surface area contributed by atoms with E-state index in [1.165, 1.54) is 26.2 Å². The number of rotatable bonds is 6. The maximum atomic E-state index is 11.5. The van der Waals surface area contributed by atoms with Gasteiger partial charge in [0.15, 0.2) is 6.04 Å². The first-order chi connectivity index (χ1) is 9.86. The Labute approximate surface area is 121 Å². The maximum Gasteiger partial charge on any atom is 0.331 e. The Kier molecular flexibility index (Phi) is 5.65. The standard InChI is InChI=1S/C13H16N2O6/c1-8-11(15(18)19)5-4-6-12(8)21-7-10(13(17)20-3)14-9(2)16/h4-6,10H,7H2,1-3H3,(H,14,16). The summed E-state index contributed by atoms with van der Waals surface area (Å²) in [5.74, 6) is -0.804. The van der Waals surface area contributed by atoms with E-state index in [-0.39, 0.29) is 18.0 Å². The smallest absolute Gasteiger partial charge is 0.331 e. The number of nitro benzene ring substituents is 1. The molecule has 0 bridgehead atoms. The monoisotopic (exact) mass is 296 g/mol. The highest BCUT2D eigenvalue weighted by molar-refractivity contribution is 5.83. The SMILES string of the molecule is COC(=O)C(COc1cccc([N+](=O)[O-])c1C)NC(C)=O. The lowest BCUT2D eigenvalue weighted by molar-refractivity contribution is -0.385. The van der Waals surface area contributed by atoms with Gasteiger partial charge in [0.1, 0.15) is 12.4 Å². The summed E-state index contributed by atoms with van der Waals surface area (Å²) in [7, 11) is 1.19. The highest BCUT2D eigenvalue weighted by atomic mass is 16.6. The lowest BCUT2D eigenvalue weighted by atomic mass is 10.2. The van der Waals surface area contributed by atoms with Crippen LogP contribution in [0.1, 0.15) is 12.5 Å². The molecule has 1 unspecified atom stereocenters. The van der Waals surface area contributed by atoms with Gasteiger partial charge in [0.2, 0.25) is 5.91 Å². The van der Waals surface area contributed by atoms with Gasteiger partial charge in [-0.3, -0.25) is 14.9 Å². The van der Waals surface area contributed by atoms with E-state index in [1.807, 2.05) is 0 Å². The Morgan fingerprint density at radius 3 is 2.62 bits per heavy atom. The predicted molar refractivity (Wildman–Crippen MR) is 72.9 cm³/mol. The molecule has 1 N–H and O–H groups in total. The van der Waals surface area contributed by atoms with Crippen LogP contribution < -0.4 is 10.1 Å². The molecule has 0 saturated heterocycles. The van der Waals surface area contributed by atoms with Gasteiger partial charge in [-0.1, -0.05) is 6.07 Å². The lowest BCUT2D eigenvalue weighted by Crippen LogP contribution is -2.44. The van der Waals surface area contributed by atoms with Crippen molar-refractivity contribution in [3.63, 3.8) is 0 Å². The Hall–Kier alpha value is -2.64. The van der Waals surface area contributed by atoms with Gasteiger partial charge in [0.05, 0.1) is 17.6 Å². The Bertz CT molecular complexity index is 558. The molecule has 114 valence electrons. The molecule has 0 spiro atoms. The van der Waals surface area contributed by atoms with E-state index >= 15 is 0 Å². The number of benzene rings is 1. The fourth-order valence-electron chi connectivity index (χ4n) is 1.69. The first kappa shape index (κ1) is 16.4. The van der Waals surface area contributed by atoms with Crippen LogP contribution in [0.5, 0.6) is 5.75 Å². The topological polar surface area (TPSA) is 108 Å². The number of carbonyl (C=O) groups is 2. The highest BCUT2D eigenvalue weighted by Crippen LogP contribution is 2.27. The molecule has 0 saturated carbocycles. The molecule has 8 heteroatoms. The first-order valence-corrected chi connectivity index (χ1v) is 6.08. The molecule has 1 amide bonds. The Balaban J connectivity index is 2.85. The van der Waals surface area contributed by atoms with Crippen LogP contribution in [-0.2, 0) is 14.3 Å². The van der Waals surface area contributed by atoms with Crippen LogP contribution >= 0.6 is 0 Å². The van der Waals surface area contributed by atoms with E-state index < -0.39 is 22.8 Å². The molecular formula is C13H16N2O6. The minimum Gasteiger partial charge on any atom is -0.490 e. The summed E-state index contributed by atoms with van der Waals surface area (Å²) < 4.78 is 9.95. The minimum absolute atomic E-state index is 0.0818. The molecule has 0 aliphatic heterocycles. The van der Waals surface area contributed by atoms with Gasteiger partial charge in [-0.2, -0.15) is 0 Å². The zero-order valence-corrected chi connectivity index (χ0v) is 11.9. The molecule has 1 rings (SSSR count). The number of methoxy groups -OCH3 is 1. The quantitative estimate of drug-likeness (QED) is 0.476. The lowest BCUT2D eigenvalue weighted by Gasteiger charge is -2.17. The highest BCUT2D eigenvalue weighted by Gasteiger charge is 2.22. The van der Waals surface area contributed by atoms with Crippen LogP contribution in [0.15, 0.2) is 18.2 Å². The van der Waals surface area contributed by atoms with Crippen LogP contribution in [0.25, 0.3) is 0 Å². The second kappa shape index (κ2) is 7.22. The molecule has 0 aromatic heterocycles. The van der Waals surface area contributed by atoms with Crippen molar-refractivity contribution in [3.8, 4) is 5.75 Å². The van der Waals surface area contributed by atoms with E-state index in [0.717, 1.165) is 0 Å². The van der Waals surface area contributed by atoms with Crippen molar-refractivity contribution in [3.05, 3.63) is 33.9 Å². The number of nitrogens with one attached hydrogen (secondary N) is 1. The van der Waals surface area contributed by atoms with Crippen molar-refractivity contribution in [2.45, 2.75) is 19.9 Å². The number of nitrogens with zero attached hydrogens (tertiary/aromatic N) is 1. The second-order valence-corrected chi connectivity index (χ2v) is 4.24. The summed E-state index contributed by atoms with van der Waals surface area (Å²) in [5.41, 5.74) is 0.260. The average Bonchev–Trinajstić information content (AvgIpc) is 2.43. The fraction of sp³-hybridized carbons (Fsp3) is 0.385. The molecule has 21 heavy (non-hydrogen) atoms. The molecule has 1 atom stereocenters. The molecule has 0 aliphatic carbocycles. The largest absolute Gasteiger partial charge is 0.490 e. The van der Waals surface area contributed by atoms with E-state index in [9.17, 15) is 19.7 Å². The van der Waals surface area contributed by atoms with Crippen molar-refractivity contribution in [1.29, 1.82) is 0 Å². The van der Waals surface area contributed by atoms with Crippen molar-refractivity contribution in [1.82, 2.24) is 5.32 Å². The fourth-order valence-corrected chi connectivity index (χ4v) is 1.69. The van der Waals surface area contributed by atoms with Gasteiger partial charge >= 0.3 is 5.97 Å². The first-order valence-electron chi connectivity index (χ1n) is 6.08. The third-order valence-electron chi connectivity index (χ3n) is 2.72. The van der Waals surface area contributed by atoms with Crippen molar-refractivity contribution in [2.24, 2.45) is 0 Å². The second-order valence-electron chi connectivity index (χ2n) is 4.24. The number of amides is 1. The number of nitro groups is 1. The van der Waals surface area contributed by atoms with E-state index in [0.29, 0.717) is 5.56 Å². The van der Waals surface area contributed by atoms with Crippen LogP contribution in [0.3, 0.4) is 0 Å². The van der Waals surface area contributed by atoms with Crippen LogP contribution in [0.4, 0.5) is 5.69 Å². The summed E-state index contributed by atoms with van der Waals surface area (Å²) in [6.07, 6.45) is 0. The summed E-state index contributed by atoms with van der Waals surface area (Å²) in [6.45, 7) is 2.61. The third-order valence-corrected chi connectivity index (χ3v) is 2.72. The number of carbonyl (C=O) groups excluding carboxylic acids is 2. The van der Waals surface area contributed by atoms with Gasteiger partial charge in [0.25, 0.3) is 5.69 Å². The summed E-state index contributed by atoms with van der Waals surface area (Å²) in [6, 6.07) is 3.40. The molecule has 1 aromatic rings. The average molecular weight is 296 g/mol. The van der Waals surface area contributed by atoms with E-state index in [4.69, 9.17) is 4.74 Å². The third kappa shape index (κ3) is 4.44. The molecule has 1 aromatic carbocycles. The minimum atomic E-state index is -0.980. The predicted octanol–water partition coefficient (Wildman–Crippen LogP) is 0.960. The maximum absolute atomic E-state index is 11.5. The molecule has 0 fully saturated rings. The molecule has 0 aliphatic rings. The van der Waals surface area contributed by atoms with Crippen molar-refractivity contribution >= 4 is 17.6 Å². The molecule has 8 nitrogen and oxygen atoms in total. The van der Waals surface area contributed by atoms with Gasteiger partial charge in [-0.05, 0) is 13.0 Å². The Morgan fingerprint density at radius 1 is 1.43 bits per heavy atom. The van der Waals surface area contributed by atoms with Gasteiger partial charge in [-0.15, -0.1) is 0 Å². The zero-order valence-electron chi connectivity index (χ0n) is 11.9. The van der Waals surface area contributed by atoms with E-state index in [2.05, 4.69) is 10.1 Å². The molecular weight excluding hydrogens is 280 g/mol. The molecule has 0 heterocycles. The number of hydrogen-bond acceptors (Lipinski definition) is 6. The van der Waals surface area contributed by atoms with E-state index in [1.54, 1.807) is 13.0 Å². The van der Waals surface area contributed by atoms with Crippen LogP contribution in [0.2, 0.25) is 0 Å². The number of hydrogen-bond donors (Lipinski definition) is 1. The van der Waals surface area contributed by atoms with Crippen molar-refractivity contribution < 1.29 is 24.0 Å². The Morgan fingerprint density at radius 2 is 2.10 bits per heavy atom. The van der Waals surface area contributed by atoms with Gasteiger partial charge in [-0.25, -0.2) is 4.79 Å². The normalized spacial score (nSPS) is 11.4. The van der Waals surface area contributed by atoms with Crippen LogP contribution in [-0.4, -0.2) is 36.6 Å². The summed E-state index contributed by atoms with van der Waals surface area (Å²) >= 11 is 0. The molecule has 0 radical (unpaired) electrons. The van der Waals surface area contributed by atoms with Gasteiger partial charge < -0.3 is 14.8 Å². The summed E-state index contributed by atoms with van der Waals surface area (Å²) in [4.78, 5) is 32.8. The number of ether oxygens (including phenoxy) is 2. The number of esters is 1.